The standard InChI is InChI=1S/C11H18N2O/c1-4-6-12-11-9(3)8-10(14)13(11)7-5-2/h8H,4-7H2,1-3H3. The first kappa shape index (κ1) is 11.0. The lowest BCUT2D eigenvalue weighted by atomic mass is 10.3. The lowest BCUT2D eigenvalue weighted by molar-refractivity contribution is -0.121. The van der Waals surface area contributed by atoms with Crippen molar-refractivity contribution in [2.24, 2.45) is 4.99 Å². The first-order chi connectivity index (χ1) is 6.70. The van der Waals surface area contributed by atoms with Gasteiger partial charge in [-0.05, 0) is 25.3 Å². The number of hydrogen-bond acceptors (Lipinski definition) is 2. The van der Waals surface area contributed by atoms with Crippen molar-refractivity contribution in [2.45, 2.75) is 33.6 Å². The zero-order chi connectivity index (χ0) is 10.6. The number of nitrogens with zero attached hydrogens (tertiary/aromatic N) is 2. The van der Waals surface area contributed by atoms with Gasteiger partial charge in [0.1, 0.15) is 5.84 Å². The van der Waals surface area contributed by atoms with Gasteiger partial charge in [0, 0.05) is 19.2 Å². The molecule has 0 N–H and O–H groups in total. The molecule has 1 aliphatic rings. The van der Waals surface area contributed by atoms with Gasteiger partial charge in [0.25, 0.3) is 5.91 Å². The van der Waals surface area contributed by atoms with Crippen molar-refractivity contribution in [1.29, 1.82) is 0 Å². The second-order valence-corrected chi connectivity index (χ2v) is 3.52. The summed E-state index contributed by atoms with van der Waals surface area (Å²) in [5.41, 5.74) is 0.997. The Hall–Kier alpha value is -1.12. The Morgan fingerprint density at radius 3 is 2.64 bits per heavy atom. The minimum absolute atomic E-state index is 0.0826. The van der Waals surface area contributed by atoms with E-state index in [1.54, 1.807) is 11.0 Å². The van der Waals surface area contributed by atoms with Gasteiger partial charge in [0.05, 0.1) is 0 Å². The highest BCUT2D eigenvalue weighted by molar-refractivity contribution is 6.18. The molecular formula is C11H18N2O. The number of carbonyl (C=O) groups excluding carboxylic acids is 1. The Kier molecular flexibility index (Phi) is 3.86. The van der Waals surface area contributed by atoms with Crippen LogP contribution in [0.1, 0.15) is 33.6 Å². The van der Waals surface area contributed by atoms with E-state index in [0.29, 0.717) is 0 Å². The number of aliphatic imine (C=N–C) groups is 1. The van der Waals surface area contributed by atoms with Crippen LogP contribution in [0.25, 0.3) is 0 Å². The lowest BCUT2D eigenvalue weighted by Gasteiger charge is -2.16. The third kappa shape index (κ3) is 2.22. The number of amides is 1. The predicted molar refractivity (Wildman–Crippen MR) is 58.4 cm³/mol. The van der Waals surface area contributed by atoms with Crippen molar-refractivity contribution in [3.8, 4) is 0 Å². The molecule has 0 saturated carbocycles. The molecule has 0 aliphatic carbocycles. The molecule has 78 valence electrons. The molecule has 14 heavy (non-hydrogen) atoms. The Labute approximate surface area is 85.5 Å². The summed E-state index contributed by atoms with van der Waals surface area (Å²) in [6.45, 7) is 7.67. The van der Waals surface area contributed by atoms with Gasteiger partial charge in [0.15, 0.2) is 0 Å². The third-order valence-corrected chi connectivity index (χ3v) is 2.15. The van der Waals surface area contributed by atoms with E-state index in [9.17, 15) is 4.79 Å². The highest BCUT2D eigenvalue weighted by atomic mass is 16.2. The molecule has 0 atom stereocenters. The van der Waals surface area contributed by atoms with Crippen LogP contribution in [0.15, 0.2) is 16.6 Å². The van der Waals surface area contributed by atoms with E-state index < -0.39 is 0 Å². The zero-order valence-corrected chi connectivity index (χ0v) is 9.21. The maximum Gasteiger partial charge on any atom is 0.252 e. The van der Waals surface area contributed by atoms with E-state index in [2.05, 4.69) is 18.8 Å². The average Bonchev–Trinajstić information content (AvgIpc) is 2.40. The van der Waals surface area contributed by atoms with E-state index in [-0.39, 0.29) is 5.91 Å². The summed E-state index contributed by atoms with van der Waals surface area (Å²) in [6, 6.07) is 0. The van der Waals surface area contributed by atoms with Gasteiger partial charge in [-0.25, -0.2) is 0 Å². The minimum Gasteiger partial charge on any atom is -0.293 e. The van der Waals surface area contributed by atoms with E-state index in [1.807, 2.05) is 6.92 Å². The number of hydrogen-bond donors (Lipinski definition) is 0. The quantitative estimate of drug-likeness (QED) is 0.673. The summed E-state index contributed by atoms with van der Waals surface area (Å²) < 4.78 is 0. The van der Waals surface area contributed by atoms with Gasteiger partial charge in [-0.3, -0.25) is 14.7 Å². The molecule has 0 bridgehead atoms. The summed E-state index contributed by atoms with van der Waals surface area (Å²) >= 11 is 0. The second kappa shape index (κ2) is 4.94. The van der Waals surface area contributed by atoms with Crippen LogP contribution in [0.5, 0.6) is 0 Å². The summed E-state index contributed by atoms with van der Waals surface area (Å²) in [7, 11) is 0. The predicted octanol–water partition coefficient (Wildman–Crippen LogP) is 1.99. The molecule has 0 fully saturated rings. The van der Waals surface area contributed by atoms with Gasteiger partial charge in [-0.1, -0.05) is 13.8 Å². The Morgan fingerprint density at radius 2 is 2.07 bits per heavy atom. The first-order valence-corrected chi connectivity index (χ1v) is 5.25. The highest BCUT2D eigenvalue weighted by Gasteiger charge is 2.24. The fourth-order valence-corrected chi connectivity index (χ4v) is 1.51. The molecule has 1 heterocycles. The van der Waals surface area contributed by atoms with Crippen LogP contribution >= 0.6 is 0 Å². The molecule has 0 saturated heterocycles. The van der Waals surface area contributed by atoms with E-state index in [4.69, 9.17) is 0 Å². The second-order valence-electron chi connectivity index (χ2n) is 3.52. The normalized spacial score (nSPS) is 19.4. The number of rotatable bonds is 4. The molecule has 0 radical (unpaired) electrons. The molecule has 0 aromatic carbocycles. The van der Waals surface area contributed by atoms with Crippen molar-refractivity contribution in [1.82, 2.24) is 4.90 Å². The summed E-state index contributed by atoms with van der Waals surface area (Å²) in [4.78, 5) is 17.7. The zero-order valence-electron chi connectivity index (χ0n) is 9.21. The van der Waals surface area contributed by atoms with Crippen molar-refractivity contribution in [3.05, 3.63) is 11.6 Å². The molecule has 3 nitrogen and oxygen atoms in total. The highest BCUT2D eigenvalue weighted by Crippen LogP contribution is 2.14. The van der Waals surface area contributed by atoms with Crippen molar-refractivity contribution >= 4 is 11.7 Å². The summed E-state index contributed by atoms with van der Waals surface area (Å²) in [6.07, 6.45) is 3.66. The Balaban J connectivity index is 2.78. The van der Waals surface area contributed by atoms with Crippen LogP contribution < -0.4 is 0 Å². The van der Waals surface area contributed by atoms with Crippen molar-refractivity contribution < 1.29 is 4.79 Å². The monoisotopic (exact) mass is 194 g/mol. The molecule has 1 aliphatic heterocycles. The number of amidine groups is 1. The maximum atomic E-state index is 11.5. The van der Waals surface area contributed by atoms with Crippen LogP contribution in [0.4, 0.5) is 0 Å². The van der Waals surface area contributed by atoms with Gasteiger partial charge in [0.2, 0.25) is 0 Å². The molecule has 0 spiro atoms. The molecule has 0 aromatic heterocycles. The molecule has 0 aromatic rings. The first-order valence-electron chi connectivity index (χ1n) is 5.25. The number of carbonyl (C=O) groups is 1. The third-order valence-electron chi connectivity index (χ3n) is 2.15. The smallest absolute Gasteiger partial charge is 0.252 e. The lowest BCUT2D eigenvalue weighted by Crippen LogP contribution is -2.31. The fraction of sp³-hybridized carbons (Fsp3) is 0.636. The Bertz CT molecular complexity index is 279. The molecule has 1 amide bonds. The van der Waals surface area contributed by atoms with Crippen molar-refractivity contribution in [2.75, 3.05) is 13.1 Å². The fourth-order valence-electron chi connectivity index (χ4n) is 1.51. The molecular weight excluding hydrogens is 176 g/mol. The SMILES string of the molecule is CCCN=C1C(C)=CC(=O)N1CCC. The van der Waals surface area contributed by atoms with Gasteiger partial charge in [-0.15, -0.1) is 0 Å². The van der Waals surface area contributed by atoms with Gasteiger partial charge in [-0.2, -0.15) is 0 Å². The van der Waals surface area contributed by atoms with Crippen LogP contribution in [-0.4, -0.2) is 29.7 Å². The van der Waals surface area contributed by atoms with Crippen LogP contribution in [0, 0.1) is 0 Å². The molecule has 3 heteroatoms. The van der Waals surface area contributed by atoms with Crippen LogP contribution in [0.3, 0.4) is 0 Å². The average molecular weight is 194 g/mol. The summed E-state index contributed by atoms with van der Waals surface area (Å²) in [5.74, 6) is 0.956. The summed E-state index contributed by atoms with van der Waals surface area (Å²) in [5, 5.41) is 0. The maximum absolute atomic E-state index is 11.5. The van der Waals surface area contributed by atoms with Gasteiger partial charge >= 0.3 is 0 Å². The topological polar surface area (TPSA) is 32.7 Å². The van der Waals surface area contributed by atoms with Crippen LogP contribution in [-0.2, 0) is 4.79 Å². The van der Waals surface area contributed by atoms with E-state index in [0.717, 1.165) is 37.3 Å². The largest absolute Gasteiger partial charge is 0.293 e. The van der Waals surface area contributed by atoms with E-state index >= 15 is 0 Å². The van der Waals surface area contributed by atoms with Crippen molar-refractivity contribution in [3.63, 3.8) is 0 Å². The van der Waals surface area contributed by atoms with E-state index in [1.165, 1.54) is 0 Å². The minimum atomic E-state index is 0.0826. The molecule has 0 unspecified atom stereocenters. The van der Waals surface area contributed by atoms with Crippen LogP contribution in [0.2, 0.25) is 0 Å². The van der Waals surface area contributed by atoms with Gasteiger partial charge < -0.3 is 0 Å². The Morgan fingerprint density at radius 1 is 1.36 bits per heavy atom. The molecule has 1 rings (SSSR count).